The van der Waals surface area contributed by atoms with Crippen LogP contribution in [0.1, 0.15) is 46.5 Å². The van der Waals surface area contributed by atoms with Crippen molar-refractivity contribution in [2.75, 3.05) is 32.7 Å². The van der Waals surface area contributed by atoms with Crippen LogP contribution in [0.3, 0.4) is 0 Å². The second-order valence-corrected chi connectivity index (χ2v) is 6.04. The highest BCUT2D eigenvalue weighted by Crippen LogP contribution is 2.07. The van der Waals surface area contributed by atoms with Crippen LogP contribution in [0.15, 0.2) is 0 Å². The summed E-state index contributed by atoms with van der Waals surface area (Å²) in [5.74, 6) is 7.22. The summed E-state index contributed by atoms with van der Waals surface area (Å²) in [6.07, 6.45) is 2.81. The fraction of sp³-hybridized carbons (Fsp3) is 0.765. The number of piperazine rings is 1. The van der Waals surface area contributed by atoms with Gasteiger partial charge in [0, 0.05) is 44.9 Å². The second kappa shape index (κ2) is 9.57. The first kappa shape index (κ1) is 17.7. The minimum absolute atomic E-state index is 0.207. The molecule has 1 amide bonds. The van der Waals surface area contributed by atoms with Crippen molar-refractivity contribution in [2.45, 2.75) is 46.5 Å². The molecular weight excluding hydrogens is 264 g/mol. The molecule has 1 fully saturated rings. The lowest BCUT2D eigenvalue weighted by Crippen LogP contribution is -2.48. The highest BCUT2D eigenvalue weighted by atomic mass is 16.2. The van der Waals surface area contributed by atoms with Gasteiger partial charge >= 0.3 is 0 Å². The zero-order valence-electron chi connectivity index (χ0n) is 13.7. The molecule has 4 heteroatoms. The first-order valence-corrected chi connectivity index (χ1v) is 7.97. The Morgan fingerprint density at radius 1 is 1.05 bits per heavy atom. The Bertz CT molecular complexity index is 399. The van der Waals surface area contributed by atoms with Crippen molar-refractivity contribution >= 4 is 11.7 Å². The van der Waals surface area contributed by atoms with Crippen LogP contribution in [-0.2, 0) is 9.59 Å². The number of rotatable bonds is 6. The molecule has 0 radical (unpaired) electrons. The van der Waals surface area contributed by atoms with Crippen LogP contribution in [0.2, 0.25) is 0 Å². The van der Waals surface area contributed by atoms with Crippen LogP contribution in [0.5, 0.6) is 0 Å². The summed E-state index contributed by atoms with van der Waals surface area (Å²) in [6.45, 7) is 10.0. The minimum Gasteiger partial charge on any atom is -0.340 e. The number of carbonyl (C=O) groups excluding carboxylic acids is 2. The van der Waals surface area contributed by atoms with Crippen molar-refractivity contribution in [3.8, 4) is 11.8 Å². The van der Waals surface area contributed by atoms with Crippen LogP contribution in [-0.4, -0.2) is 54.2 Å². The van der Waals surface area contributed by atoms with E-state index in [1.165, 1.54) is 0 Å². The second-order valence-electron chi connectivity index (χ2n) is 6.04. The molecule has 1 heterocycles. The van der Waals surface area contributed by atoms with Gasteiger partial charge in [-0.2, -0.15) is 0 Å². The van der Waals surface area contributed by atoms with Gasteiger partial charge in [-0.3, -0.25) is 9.69 Å². The average Bonchev–Trinajstić information content (AvgIpc) is 2.43. The highest BCUT2D eigenvalue weighted by molar-refractivity contribution is 5.77. The van der Waals surface area contributed by atoms with Gasteiger partial charge in [0.25, 0.3) is 0 Å². The Labute approximate surface area is 128 Å². The van der Waals surface area contributed by atoms with Gasteiger partial charge in [0.1, 0.15) is 5.78 Å². The summed E-state index contributed by atoms with van der Waals surface area (Å²) in [5.41, 5.74) is 0. The third-order valence-corrected chi connectivity index (χ3v) is 3.59. The molecular formula is C17H28N2O2. The molecule has 0 aromatic rings. The number of nitrogens with zero attached hydrogens (tertiary/aromatic N) is 2. The monoisotopic (exact) mass is 292 g/mol. The molecule has 0 saturated carbocycles. The molecule has 0 unspecified atom stereocenters. The quantitative estimate of drug-likeness (QED) is 0.555. The van der Waals surface area contributed by atoms with E-state index in [1.54, 1.807) is 6.92 Å². The van der Waals surface area contributed by atoms with Gasteiger partial charge in [-0.1, -0.05) is 25.7 Å². The molecule has 0 N–H and O–H groups in total. The standard InChI is InChI=1S/C17H28N2O2/c1-15(2)7-6-10-18-11-13-19(14-12-18)17(21)9-5-4-8-16(3)20/h15H,4-5,8-14H2,1-3H3. The van der Waals surface area contributed by atoms with Gasteiger partial charge in [-0.25, -0.2) is 0 Å². The van der Waals surface area contributed by atoms with E-state index in [-0.39, 0.29) is 11.7 Å². The summed E-state index contributed by atoms with van der Waals surface area (Å²) in [5, 5.41) is 0. The fourth-order valence-electron chi connectivity index (χ4n) is 2.33. The van der Waals surface area contributed by atoms with Crippen molar-refractivity contribution < 1.29 is 9.59 Å². The molecule has 1 aliphatic rings. The van der Waals surface area contributed by atoms with Crippen LogP contribution in [0.25, 0.3) is 0 Å². The first-order chi connectivity index (χ1) is 9.99. The maximum Gasteiger partial charge on any atom is 0.222 e. The maximum absolute atomic E-state index is 12.0. The molecule has 0 aromatic heterocycles. The Hall–Kier alpha value is -1.34. The predicted octanol–water partition coefficient (Wildman–Crippen LogP) is 1.94. The average molecular weight is 292 g/mol. The van der Waals surface area contributed by atoms with Gasteiger partial charge in [0.15, 0.2) is 0 Å². The topological polar surface area (TPSA) is 40.6 Å². The minimum atomic E-state index is 0.207. The van der Waals surface area contributed by atoms with Crippen LogP contribution in [0, 0.1) is 17.8 Å². The molecule has 0 bridgehead atoms. The Morgan fingerprint density at radius 3 is 2.24 bits per heavy atom. The van der Waals surface area contributed by atoms with E-state index >= 15 is 0 Å². The number of amides is 1. The lowest BCUT2D eigenvalue weighted by atomic mass is 10.1. The molecule has 1 rings (SSSR count). The summed E-state index contributed by atoms with van der Waals surface area (Å²) in [6, 6.07) is 0. The zero-order chi connectivity index (χ0) is 15.7. The van der Waals surface area contributed by atoms with E-state index in [9.17, 15) is 9.59 Å². The Kier molecular flexibility index (Phi) is 8.07. The van der Waals surface area contributed by atoms with E-state index in [1.807, 2.05) is 4.90 Å². The normalized spacial score (nSPS) is 15.7. The van der Waals surface area contributed by atoms with E-state index in [0.717, 1.165) is 45.6 Å². The summed E-state index contributed by atoms with van der Waals surface area (Å²) in [7, 11) is 0. The number of Topliss-reactive ketones (excluding diaryl/α,β-unsaturated/α-hetero) is 1. The Balaban J connectivity index is 2.18. The summed E-state index contributed by atoms with van der Waals surface area (Å²) >= 11 is 0. The van der Waals surface area contributed by atoms with Crippen molar-refractivity contribution in [2.24, 2.45) is 5.92 Å². The number of hydrogen-bond acceptors (Lipinski definition) is 3. The number of carbonyl (C=O) groups is 2. The molecule has 21 heavy (non-hydrogen) atoms. The highest BCUT2D eigenvalue weighted by Gasteiger charge is 2.19. The van der Waals surface area contributed by atoms with E-state index in [0.29, 0.717) is 18.8 Å². The van der Waals surface area contributed by atoms with Gasteiger partial charge < -0.3 is 9.69 Å². The van der Waals surface area contributed by atoms with Crippen LogP contribution in [0.4, 0.5) is 0 Å². The molecule has 1 saturated heterocycles. The number of hydrogen-bond donors (Lipinski definition) is 0. The van der Waals surface area contributed by atoms with Gasteiger partial charge in [-0.05, 0) is 19.8 Å². The van der Waals surface area contributed by atoms with Crippen LogP contribution < -0.4 is 0 Å². The Morgan fingerprint density at radius 2 is 1.67 bits per heavy atom. The molecule has 4 nitrogen and oxygen atoms in total. The zero-order valence-corrected chi connectivity index (χ0v) is 13.7. The lowest BCUT2D eigenvalue weighted by molar-refractivity contribution is -0.133. The number of unbranched alkanes of at least 4 members (excludes halogenated alkanes) is 1. The smallest absolute Gasteiger partial charge is 0.222 e. The van der Waals surface area contributed by atoms with Crippen LogP contribution >= 0.6 is 0 Å². The largest absolute Gasteiger partial charge is 0.340 e. The third kappa shape index (κ3) is 7.87. The first-order valence-electron chi connectivity index (χ1n) is 7.97. The third-order valence-electron chi connectivity index (χ3n) is 3.59. The molecule has 0 aromatic carbocycles. The molecule has 0 aliphatic carbocycles. The molecule has 1 aliphatic heterocycles. The summed E-state index contributed by atoms with van der Waals surface area (Å²) < 4.78 is 0. The van der Waals surface area contributed by atoms with Crippen molar-refractivity contribution in [1.29, 1.82) is 0 Å². The number of ketones is 1. The van der Waals surface area contributed by atoms with Crippen molar-refractivity contribution in [3.63, 3.8) is 0 Å². The molecule has 0 atom stereocenters. The van der Waals surface area contributed by atoms with E-state index in [4.69, 9.17) is 0 Å². The van der Waals surface area contributed by atoms with E-state index < -0.39 is 0 Å². The van der Waals surface area contributed by atoms with Gasteiger partial charge in [-0.15, -0.1) is 0 Å². The molecule has 0 spiro atoms. The van der Waals surface area contributed by atoms with Crippen molar-refractivity contribution in [3.05, 3.63) is 0 Å². The maximum atomic E-state index is 12.0. The van der Waals surface area contributed by atoms with Gasteiger partial charge in [0.2, 0.25) is 5.91 Å². The lowest BCUT2D eigenvalue weighted by Gasteiger charge is -2.33. The predicted molar refractivity (Wildman–Crippen MR) is 84.8 cm³/mol. The SMILES string of the molecule is CC(=O)CCCCC(=O)N1CCN(CC#CC(C)C)CC1. The molecule has 118 valence electrons. The fourth-order valence-corrected chi connectivity index (χ4v) is 2.33. The summed E-state index contributed by atoms with van der Waals surface area (Å²) in [4.78, 5) is 27.1. The van der Waals surface area contributed by atoms with Crippen molar-refractivity contribution in [1.82, 2.24) is 9.80 Å². The van der Waals surface area contributed by atoms with Gasteiger partial charge in [0.05, 0.1) is 6.54 Å². The van der Waals surface area contributed by atoms with E-state index in [2.05, 4.69) is 30.6 Å².